The normalized spacial score (nSPS) is 22.4. The molecule has 3 heteroatoms. The number of para-hydroxylation sites is 1. The van der Waals surface area contributed by atoms with Crippen molar-refractivity contribution in [2.45, 2.75) is 19.5 Å². The molecule has 110 valence electrons. The average molecular weight is 282 g/mol. The zero-order valence-corrected chi connectivity index (χ0v) is 12.4. The van der Waals surface area contributed by atoms with Crippen molar-refractivity contribution >= 4 is 0 Å². The molecule has 2 N–H and O–H groups in total. The molecule has 0 aliphatic carbocycles. The number of nitrogens with two attached hydrogens (primary N) is 1. The van der Waals surface area contributed by atoms with E-state index in [9.17, 15) is 0 Å². The lowest BCUT2D eigenvalue weighted by Crippen LogP contribution is -2.28. The van der Waals surface area contributed by atoms with Gasteiger partial charge in [0.15, 0.2) is 0 Å². The molecule has 0 spiro atoms. The summed E-state index contributed by atoms with van der Waals surface area (Å²) in [6, 6.07) is 18.5. The fourth-order valence-electron chi connectivity index (χ4n) is 2.81. The summed E-state index contributed by atoms with van der Waals surface area (Å²) in [5, 5.41) is 0. The number of hydrogen-bond acceptors (Lipinski definition) is 3. The van der Waals surface area contributed by atoms with Crippen LogP contribution in [-0.2, 0) is 6.54 Å². The molecule has 0 aromatic heterocycles. The van der Waals surface area contributed by atoms with Crippen molar-refractivity contribution in [2.24, 2.45) is 11.7 Å². The summed E-state index contributed by atoms with van der Waals surface area (Å²) >= 11 is 0. The molecule has 0 saturated carbocycles. The molecule has 3 rings (SSSR count). The van der Waals surface area contributed by atoms with E-state index in [-0.39, 0.29) is 0 Å². The highest BCUT2D eigenvalue weighted by molar-refractivity contribution is 5.33. The third kappa shape index (κ3) is 3.63. The van der Waals surface area contributed by atoms with Crippen LogP contribution >= 0.6 is 0 Å². The van der Waals surface area contributed by atoms with Gasteiger partial charge in [-0.15, -0.1) is 0 Å². The van der Waals surface area contributed by atoms with Gasteiger partial charge in [-0.05, 0) is 35.7 Å². The van der Waals surface area contributed by atoms with Crippen molar-refractivity contribution in [2.75, 3.05) is 13.1 Å². The van der Waals surface area contributed by atoms with E-state index >= 15 is 0 Å². The molecular formula is C18H22N2O. The number of rotatable bonds is 4. The third-order valence-corrected chi connectivity index (χ3v) is 4.03. The molecule has 2 unspecified atom stereocenters. The second-order valence-corrected chi connectivity index (χ2v) is 5.90. The van der Waals surface area contributed by atoms with E-state index in [0.717, 1.165) is 31.1 Å². The molecular weight excluding hydrogens is 260 g/mol. The Morgan fingerprint density at radius 2 is 1.81 bits per heavy atom. The van der Waals surface area contributed by atoms with Gasteiger partial charge in [-0.3, -0.25) is 4.90 Å². The van der Waals surface area contributed by atoms with Gasteiger partial charge in [-0.25, -0.2) is 0 Å². The quantitative estimate of drug-likeness (QED) is 0.935. The largest absolute Gasteiger partial charge is 0.457 e. The summed E-state index contributed by atoms with van der Waals surface area (Å²) in [5.74, 6) is 2.33. The highest BCUT2D eigenvalue weighted by atomic mass is 16.5. The van der Waals surface area contributed by atoms with Gasteiger partial charge in [-0.2, -0.15) is 0 Å². The Kier molecular flexibility index (Phi) is 4.23. The van der Waals surface area contributed by atoms with E-state index in [1.807, 2.05) is 42.5 Å². The zero-order valence-electron chi connectivity index (χ0n) is 12.4. The van der Waals surface area contributed by atoms with Crippen molar-refractivity contribution < 1.29 is 4.74 Å². The van der Waals surface area contributed by atoms with Crippen LogP contribution in [0.5, 0.6) is 11.5 Å². The molecule has 1 fully saturated rings. The molecule has 1 aliphatic rings. The standard InChI is InChI=1S/C18H22N2O/c1-14-11-20(13-18(14)19)12-15-6-5-9-17(10-15)21-16-7-3-2-4-8-16/h2-10,14,18H,11-13,19H2,1H3. The fourth-order valence-corrected chi connectivity index (χ4v) is 2.81. The molecule has 1 heterocycles. The molecule has 2 aromatic rings. The molecule has 0 amide bonds. The Balaban J connectivity index is 1.66. The van der Waals surface area contributed by atoms with Gasteiger partial charge in [0.05, 0.1) is 0 Å². The Bertz CT molecular complexity index is 575. The maximum Gasteiger partial charge on any atom is 0.127 e. The molecule has 21 heavy (non-hydrogen) atoms. The Morgan fingerprint density at radius 1 is 1.05 bits per heavy atom. The van der Waals surface area contributed by atoms with Gasteiger partial charge in [0, 0.05) is 25.7 Å². The molecule has 2 atom stereocenters. The van der Waals surface area contributed by atoms with Crippen molar-refractivity contribution in [3.8, 4) is 11.5 Å². The van der Waals surface area contributed by atoms with Crippen molar-refractivity contribution in [3.05, 3.63) is 60.2 Å². The Labute approximate surface area is 126 Å². The number of hydrogen-bond donors (Lipinski definition) is 1. The smallest absolute Gasteiger partial charge is 0.127 e. The monoisotopic (exact) mass is 282 g/mol. The van der Waals surface area contributed by atoms with Gasteiger partial charge >= 0.3 is 0 Å². The molecule has 1 aliphatic heterocycles. The molecule has 2 aromatic carbocycles. The van der Waals surface area contributed by atoms with Gasteiger partial charge in [0.25, 0.3) is 0 Å². The summed E-state index contributed by atoms with van der Waals surface area (Å²) in [7, 11) is 0. The SMILES string of the molecule is CC1CN(Cc2cccc(Oc3ccccc3)c2)CC1N. The number of nitrogens with zero attached hydrogens (tertiary/aromatic N) is 1. The lowest BCUT2D eigenvalue weighted by molar-refractivity contribution is 0.318. The number of ether oxygens (including phenoxy) is 1. The summed E-state index contributed by atoms with van der Waals surface area (Å²) in [6.45, 7) is 5.21. The van der Waals surface area contributed by atoms with E-state index in [2.05, 4.69) is 24.0 Å². The predicted octanol–water partition coefficient (Wildman–Crippen LogP) is 3.26. The van der Waals surface area contributed by atoms with Gasteiger partial charge in [0.2, 0.25) is 0 Å². The molecule has 3 nitrogen and oxygen atoms in total. The second-order valence-electron chi connectivity index (χ2n) is 5.90. The summed E-state index contributed by atoms with van der Waals surface area (Å²) < 4.78 is 5.88. The van der Waals surface area contributed by atoms with Crippen LogP contribution in [0, 0.1) is 5.92 Å². The highest BCUT2D eigenvalue weighted by Crippen LogP contribution is 2.23. The lowest BCUT2D eigenvalue weighted by atomic mass is 10.1. The molecule has 0 bridgehead atoms. The van der Waals surface area contributed by atoms with Crippen LogP contribution in [0.25, 0.3) is 0 Å². The first-order valence-corrected chi connectivity index (χ1v) is 7.50. The fraction of sp³-hybridized carbons (Fsp3) is 0.333. The van der Waals surface area contributed by atoms with Crippen molar-refractivity contribution in [1.29, 1.82) is 0 Å². The van der Waals surface area contributed by atoms with E-state index in [1.165, 1.54) is 5.56 Å². The Hall–Kier alpha value is -1.84. The number of benzene rings is 2. The minimum Gasteiger partial charge on any atom is -0.457 e. The van der Waals surface area contributed by atoms with Crippen molar-refractivity contribution in [1.82, 2.24) is 4.90 Å². The lowest BCUT2D eigenvalue weighted by Gasteiger charge is -2.16. The first kappa shape index (κ1) is 14.1. The maximum absolute atomic E-state index is 6.09. The van der Waals surface area contributed by atoms with Crippen LogP contribution in [0.4, 0.5) is 0 Å². The van der Waals surface area contributed by atoms with E-state index in [1.54, 1.807) is 0 Å². The van der Waals surface area contributed by atoms with Gasteiger partial charge in [0.1, 0.15) is 11.5 Å². The highest BCUT2D eigenvalue weighted by Gasteiger charge is 2.26. The second kappa shape index (κ2) is 6.29. The number of likely N-dealkylation sites (tertiary alicyclic amines) is 1. The van der Waals surface area contributed by atoms with E-state index in [0.29, 0.717) is 12.0 Å². The first-order chi connectivity index (χ1) is 10.2. The van der Waals surface area contributed by atoms with Crippen LogP contribution in [0.15, 0.2) is 54.6 Å². The van der Waals surface area contributed by atoms with Crippen molar-refractivity contribution in [3.63, 3.8) is 0 Å². The third-order valence-electron chi connectivity index (χ3n) is 4.03. The zero-order chi connectivity index (χ0) is 14.7. The van der Waals surface area contributed by atoms with E-state index in [4.69, 9.17) is 10.5 Å². The average Bonchev–Trinajstić information content (AvgIpc) is 2.78. The molecule has 1 saturated heterocycles. The summed E-state index contributed by atoms with van der Waals surface area (Å²) in [5.41, 5.74) is 7.36. The summed E-state index contributed by atoms with van der Waals surface area (Å²) in [6.07, 6.45) is 0. The van der Waals surface area contributed by atoms with Crippen LogP contribution < -0.4 is 10.5 Å². The summed E-state index contributed by atoms with van der Waals surface area (Å²) in [4.78, 5) is 2.41. The predicted molar refractivity (Wildman–Crippen MR) is 85.4 cm³/mol. The van der Waals surface area contributed by atoms with Gasteiger partial charge < -0.3 is 10.5 Å². The topological polar surface area (TPSA) is 38.5 Å². The Morgan fingerprint density at radius 3 is 2.52 bits per heavy atom. The van der Waals surface area contributed by atoms with Gasteiger partial charge in [-0.1, -0.05) is 37.3 Å². The van der Waals surface area contributed by atoms with Crippen LogP contribution in [0.2, 0.25) is 0 Å². The first-order valence-electron chi connectivity index (χ1n) is 7.50. The molecule has 0 radical (unpaired) electrons. The van der Waals surface area contributed by atoms with E-state index < -0.39 is 0 Å². The maximum atomic E-state index is 6.09. The minimum absolute atomic E-state index is 0.300. The van der Waals surface area contributed by atoms with Crippen LogP contribution in [0.3, 0.4) is 0 Å². The van der Waals surface area contributed by atoms with Crippen LogP contribution in [0.1, 0.15) is 12.5 Å². The van der Waals surface area contributed by atoms with Crippen LogP contribution in [-0.4, -0.2) is 24.0 Å². The minimum atomic E-state index is 0.300.